The van der Waals surface area contributed by atoms with Gasteiger partial charge in [-0.15, -0.1) is 0 Å². The zero-order valence-electron chi connectivity index (χ0n) is 11.9. The van der Waals surface area contributed by atoms with Crippen molar-refractivity contribution in [2.24, 2.45) is 5.92 Å². The van der Waals surface area contributed by atoms with E-state index < -0.39 is 0 Å². The van der Waals surface area contributed by atoms with Crippen LogP contribution in [-0.4, -0.2) is 37.1 Å². The first-order valence-electron chi connectivity index (χ1n) is 6.89. The number of hydrogen-bond acceptors (Lipinski definition) is 3. The minimum atomic E-state index is -0.0681. The monoisotopic (exact) mass is 296 g/mol. The number of carbonyl (C=O) groups excluding carboxylic acids is 1. The lowest BCUT2D eigenvalue weighted by molar-refractivity contribution is 0.0595. The molecule has 0 aliphatic heterocycles. The molecule has 1 atom stereocenters. The summed E-state index contributed by atoms with van der Waals surface area (Å²) in [6.45, 7) is 3.17. The maximum Gasteiger partial charge on any atom is 0.256 e. The molecule has 0 aromatic heterocycles. The topological polar surface area (TPSA) is 55.6 Å². The first-order valence-corrected chi connectivity index (χ1v) is 7.27. The summed E-state index contributed by atoms with van der Waals surface area (Å²) >= 11 is 5.97. The Hall–Kier alpha value is -1.26. The largest absolute Gasteiger partial charge is 0.398 e. The van der Waals surface area contributed by atoms with Crippen molar-refractivity contribution in [3.63, 3.8) is 0 Å². The molecule has 1 aromatic rings. The molecule has 0 saturated heterocycles. The summed E-state index contributed by atoms with van der Waals surface area (Å²) in [5, 5.41) is 0.522. The second-order valence-corrected chi connectivity index (χ2v) is 5.74. The number of benzene rings is 1. The van der Waals surface area contributed by atoms with Crippen LogP contribution in [0.5, 0.6) is 0 Å². The molecule has 1 amide bonds. The van der Waals surface area contributed by atoms with E-state index >= 15 is 0 Å². The lowest BCUT2D eigenvalue weighted by Gasteiger charge is -2.29. The van der Waals surface area contributed by atoms with Crippen LogP contribution in [0.15, 0.2) is 18.2 Å². The fourth-order valence-electron chi connectivity index (χ4n) is 2.38. The maximum absolute atomic E-state index is 12.7. The molecule has 110 valence electrons. The highest BCUT2D eigenvalue weighted by atomic mass is 35.5. The molecular weight excluding hydrogens is 276 g/mol. The Morgan fingerprint density at radius 1 is 1.55 bits per heavy atom. The van der Waals surface area contributed by atoms with Crippen LogP contribution in [0.2, 0.25) is 5.02 Å². The van der Waals surface area contributed by atoms with E-state index in [2.05, 4.69) is 6.92 Å². The highest BCUT2D eigenvalue weighted by Crippen LogP contribution is 2.36. The van der Waals surface area contributed by atoms with Crippen molar-refractivity contribution in [2.75, 3.05) is 26.0 Å². The predicted molar refractivity (Wildman–Crippen MR) is 81.0 cm³/mol. The summed E-state index contributed by atoms with van der Waals surface area (Å²) in [7, 11) is 1.64. The predicted octanol–water partition coefficient (Wildman–Crippen LogP) is 2.81. The Morgan fingerprint density at radius 3 is 2.85 bits per heavy atom. The van der Waals surface area contributed by atoms with Gasteiger partial charge in [-0.05, 0) is 43.9 Å². The van der Waals surface area contributed by atoms with Gasteiger partial charge in [0.1, 0.15) is 0 Å². The van der Waals surface area contributed by atoms with Gasteiger partial charge >= 0.3 is 0 Å². The molecule has 1 fully saturated rings. The van der Waals surface area contributed by atoms with Gasteiger partial charge in [0.05, 0.1) is 12.2 Å². The zero-order valence-corrected chi connectivity index (χ0v) is 12.7. The van der Waals surface area contributed by atoms with Gasteiger partial charge in [0, 0.05) is 30.4 Å². The van der Waals surface area contributed by atoms with Gasteiger partial charge in [-0.25, -0.2) is 0 Å². The lowest BCUT2D eigenvalue weighted by atomic mass is 10.1. The number of halogens is 1. The summed E-state index contributed by atoms with van der Waals surface area (Å²) in [6, 6.07) is 5.21. The number of hydrogen-bond donors (Lipinski definition) is 1. The molecule has 4 nitrogen and oxygen atoms in total. The Kier molecular flexibility index (Phi) is 4.89. The molecule has 1 unspecified atom stereocenters. The third-order valence-electron chi connectivity index (χ3n) is 3.84. The first-order chi connectivity index (χ1) is 9.54. The highest BCUT2D eigenvalue weighted by molar-refractivity contribution is 6.31. The molecule has 20 heavy (non-hydrogen) atoms. The van der Waals surface area contributed by atoms with E-state index in [4.69, 9.17) is 22.1 Å². The minimum Gasteiger partial charge on any atom is -0.398 e. The zero-order chi connectivity index (χ0) is 14.7. The fraction of sp³-hybridized carbons (Fsp3) is 0.533. The number of carbonyl (C=O) groups is 1. The van der Waals surface area contributed by atoms with Crippen LogP contribution in [0.25, 0.3) is 0 Å². The van der Waals surface area contributed by atoms with Crippen LogP contribution in [-0.2, 0) is 4.74 Å². The number of anilines is 1. The quantitative estimate of drug-likeness (QED) is 0.821. The highest BCUT2D eigenvalue weighted by Gasteiger charge is 2.34. The van der Waals surface area contributed by atoms with E-state index in [-0.39, 0.29) is 11.9 Å². The molecule has 0 heterocycles. The third kappa shape index (κ3) is 3.44. The number of methoxy groups -OCH3 is 1. The molecule has 1 aliphatic carbocycles. The summed E-state index contributed by atoms with van der Waals surface area (Å²) in [4.78, 5) is 14.6. The van der Waals surface area contributed by atoms with Crippen LogP contribution < -0.4 is 5.73 Å². The van der Waals surface area contributed by atoms with E-state index in [0.717, 1.165) is 0 Å². The van der Waals surface area contributed by atoms with E-state index in [9.17, 15) is 4.79 Å². The average Bonchev–Trinajstić information content (AvgIpc) is 3.26. The molecule has 2 N–H and O–H groups in total. The Bertz CT molecular complexity index is 489. The fourth-order valence-corrected chi connectivity index (χ4v) is 2.55. The maximum atomic E-state index is 12.7. The van der Waals surface area contributed by atoms with Gasteiger partial charge in [0.25, 0.3) is 5.91 Å². The molecule has 1 aliphatic rings. The van der Waals surface area contributed by atoms with Crippen LogP contribution in [0.1, 0.15) is 30.1 Å². The number of nitrogens with zero attached hydrogens (tertiary/aromatic N) is 1. The second-order valence-electron chi connectivity index (χ2n) is 5.30. The van der Waals surface area contributed by atoms with Gasteiger partial charge in [-0.1, -0.05) is 11.6 Å². The van der Waals surface area contributed by atoms with Crippen molar-refractivity contribution < 1.29 is 9.53 Å². The molecular formula is C15H21ClN2O2. The Labute approximate surface area is 124 Å². The summed E-state index contributed by atoms with van der Waals surface area (Å²) < 4.78 is 5.11. The Balaban J connectivity index is 2.22. The number of ether oxygens (including phenoxy) is 1. The van der Waals surface area contributed by atoms with Crippen LogP contribution >= 0.6 is 11.6 Å². The third-order valence-corrected chi connectivity index (χ3v) is 4.07. The van der Waals surface area contributed by atoms with Crippen molar-refractivity contribution in [3.8, 4) is 0 Å². The molecule has 0 radical (unpaired) electrons. The molecule has 0 bridgehead atoms. The van der Waals surface area contributed by atoms with Gasteiger partial charge in [0.2, 0.25) is 0 Å². The number of amides is 1. The second kappa shape index (κ2) is 6.46. The molecule has 1 saturated carbocycles. The van der Waals surface area contributed by atoms with Crippen LogP contribution in [0, 0.1) is 5.92 Å². The van der Waals surface area contributed by atoms with E-state index in [1.54, 1.807) is 25.3 Å². The van der Waals surface area contributed by atoms with Crippen molar-refractivity contribution in [1.29, 1.82) is 0 Å². The standard InChI is InChI=1S/C15H21ClN2O2/c1-10(11-3-4-11)18(7-8-20-2)15(19)13-9-12(16)5-6-14(13)17/h5-6,9-11H,3-4,7-8,17H2,1-2H3. The number of rotatable bonds is 6. The number of nitrogens with two attached hydrogens (primary N) is 1. The van der Waals surface area contributed by atoms with Gasteiger partial charge in [-0.3, -0.25) is 4.79 Å². The lowest BCUT2D eigenvalue weighted by Crippen LogP contribution is -2.42. The van der Waals surface area contributed by atoms with Crippen molar-refractivity contribution in [1.82, 2.24) is 4.90 Å². The van der Waals surface area contributed by atoms with Crippen molar-refractivity contribution in [2.45, 2.75) is 25.8 Å². The minimum absolute atomic E-state index is 0.0681. The van der Waals surface area contributed by atoms with Gasteiger partial charge in [-0.2, -0.15) is 0 Å². The summed E-state index contributed by atoms with van der Waals surface area (Å²) in [6.07, 6.45) is 2.37. The number of nitrogen functional groups attached to an aromatic ring is 1. The molecule has 0 spiro atoms. The van der Waals surface area contributed by atoms with Crippen LogP contribution in [0.3, 0.4) is 0 Å². The molecule has 5 heteroatoms. The smallest absolute Gasteiger partial charge is 0.256 e. The van der Waals surface area contributed by atoms with Crippen molar-refractivity contribution in [3.05, 3.63) is 28.8 Å². The van der Waals surface area contributed by atoms with Gasteiger partial charge in [0.15, 0.2) is 0 Å². The Morgan fingerprint density at radius 2 is 2.25 bits per heavy atom. The molecule has 2 rings (SSSR count). The van der Waals surface area contributed by atoms with Crippen LogP contribution in [0.4, 0.5) is 5.69 Å². The molecule has 1 aromatic carbocycles. The van der Waals surface area contributed by atoms with E-state index in [1.165, 1.54) is 12.8 Å². The average molecular weight is 297 g/mol. The SMILES string of the molecule is COCCN(C(=O)c1cc(Cl)ccc1N)C(C)C1CC1. The van der Waals surface area contributed by atoms with E-state index in [1.807, 2.05) is 4.90 Å². The van der Waals surface area contributed by atoms with Crippen molar-refractivity contribution >= 4 is 23.2 Å². The van der Waals surface area contributed by atoms with E-state index in [0.29, 0.717) is 35.3 Å². The summed E-state index contributed by atoms with van der Waals surface area (Å²) in [5.74, 6) is 0.526. The van der Waals surface area contributed by atoms with Gasteiger partial charge < -0.3 is 15.4 Å². The normalized spacial score (nSPS) is 15.9. The summed E-state index contributed by atoms with van der Waals surface area (Å²) in [5.41, 5.74) is 6.85. The first kappa shape index (κ1) is 15.1.